The standard InChI is InChI=1S/C6H16O7P2/c1-5(4-12-14(7)8)11-3-6(2)13-15(9)10/h5-10H,3-4H2,1-2H3. The molecule has 0 saturated heterocycles. The molecule has 15 heavy (non-hydrogen) atoms. The van der Waals surface area contributed by atoms with Crippen molar-refractivity contribution >= 4 is 17.2 Å². The van der Waals surface area contributed by atoms with Crippen molar-refractivity contribution in [2.75, 3.05) is 13.2 Å². The van der Waals surface area contributed by atoms with E-state index in [-0.39, 0.29) is 19.3 Å². The van der Waals surface area contributed by atoms with E-state index in [1.807, 2.05) is 0 Å². The lowest BCUT2D eigenvalue weighted by Crippen LogP contribution is -2.21. The molecule has 0 amide bonds. The first-order valence-corrected chi connectivity index (χ1v) is 6.52. The molecule has 0 aliphatic carbocycles. The molecule has 0 aliphatic heterocycles. The highest BCUT2D eigenvalue weighted by atomic mass is 31.2. The molecule has 0 rings (SSSR count). The van der Waals surface area contributed by atoms with E-state index in [0.29, 0.717) is 0 Å². The van der Waals surface area contributed by atoms with Gasteiger partial charge in [0.1, 0.15) is 0 Å². The van der Waals surface area contributed by atoms with Gasteiger partial charge in [0.2, 0.25) is 0 Å². The van der Waals surface area contributed by atoms with Gasteiger partial charge in [0.05, 0.1) is 25.4 Å². The van der Waals surface area contributed by atoms with Crippen molar-refractivity contribution in [2.45, 2.75) is 26.1 Å². The maximum Gasteiger partial charge on any atom is 0.327 e. The maximum absolute atomic E-state index is 8.52. The Bertz CT molecular complexity index is 156. The first-order chi connectivity index (χ1) is 6.91. The molecule has 0 heterocycles. The Kier molecular flexibility index (Phi) is 9.04. The highest BCUT2D eigenvalue weighted by Gasteiger charge is 2.12. The van der Waals surface area contributed by atoms with Gasteiger partial charge in [-0.15, -0.1) is 0 Å². The molecule has 0 aromatic rings. The second kappa shape index (κ2) is 8.70. The summed E-state index contributed by atoms with van der Waals surface area (Å²) in [4.78, 5) is 33.9. The Balaban J connectivity index is 3.48. The van der Waals surface area contributed by atoms with Gasteiger partial charge in [-0.25, -0.2) is 0 Å². The summed E-state index contributed by atoms with van der Waals surface area (Å²) in [6.45, 7) is 3.53. The van der Waals surface area contributed by atoms with Crippen molar-refractivity contribution in [3.63, 3.8) is 0 Å². The van der Waals surface area contributed by atoms with Crippen molar-refractivity contribution in [1.82, 2.24) is 0 Å². The fourth-order valence-corrected chi connectivity index (χ4v) is 1.44. The second-order valence-electron chi connectivity index (χ2n) is 2.86. The second-order valence-corrected chi connectivity index (χ2v) is 4.34. The van der Waals surface area contributed by atoms with Crippen LogP contribution in [-0.4, -0.2) is 45.0 Å². The predicted molar refractivity (Wildman–Crippen MR) is 54.6 cm³/mol. The van der Waals surface area contributed by atoms with E-state index in [1.54, 1.807) is 13.8 Å². The lowest BCUT2D eigenvalue weighted by Gasteiger charge is -2.17. The Labute approximate surface area is 90.6 Å². The SMILES string of the molecule is CC(COP(O)O)OCC(C)OP(O)O. The largest absolute Gasteiger partial charge is 0.373 e. The van der Waals surface area contributed by atoms with Gasteiger partial charge in [0.25, 0.3) is 0 Å². The highest BCUT2D eigenvalue weighted by molar-refractivity contribution is 7.39. The van der Waals surface area contributed by atoms with Crippen LogP contribution in [0.15, 0.2) is 0 Å². The summed E-state index contributed by atoms with van der Waals surface area (Å²) in [5.41, 5.74) is 0. The van der Waals surface area contributed by atoms with Gasteiger partial charge >= 0.3 is 17.2 Å². The molecule has 2 atom stereocenters. The molecule has 92 valence electrons. The summed E-state index contributed by atoms with van der Waals surface area (Å²) >= 11 is 0. The van der Waals surface area contributed by atoms with Crippen molar-refractivity contribution < 1.29 is 33.4 Å². The van der Waals surface area contributed by atoms with Gasteiger partial charge in [-0.1, -0.05) is 0 Å². The lowest BCUT2D eigenvalue weighted by molar-refractivity contribution is -0.0103. The quantitative estimate of drug-likeness (QED) is 0.464. The highest BCUT2D eigenvalue weighted by Crippen LogP contribution is 2.27. The van der Waals surface area contributed by atoms with E-state index in [1.165, 1.54) is 0 Å². The minimum absolute atomic E-state index is 0.0540. The Morgan fingerprint density at radius 3 is 2.00 bits per heavy atom. The zero-order valence-electron chi connectivity index (χ0n) is 8.48. The molecule has 0 aromatic carbocycles. The summed E-state index contributed by atoms with van der Waals surface area (Å²) in [6, 6.07) is 0. The number of rotatable bonds is 8. The van der Waals surface area contributed by atoms with Crippen LogP contribution in [0.1, 0.15) is 13.8 Å². The fourth-order valence-electron chi connectivity index (χ4n) is 0.711. The number of ether oxygens (including phenoxy) is 1. The molecule has 0 aliphatic rings. The van der Waals surface area contributed by atoms with Gasteiger partial charge in [-0.3, -0.25) is 0 Å². The molecule has 0 fully saturated rings. The number of hydrogen-bond donors (Lipinski definition) is 4. The van der Waals surface area contributed by atoms with E-state index in [9.17, 15) is 0 Å². The van der Waals surface area contributed by atoms with Gasteiger partial charge in [-0.05, 0) is 13.8 Å². The monoisotopic (exact) mass is 262 g/mol. The molecule has 0 spiro atoms. The number of hydrogen-bond acceptors (Lipinski definition) is 7. The van der Waals surface area contributed by atoms with Gasteiger partial charge < -0.3 is 33.4 Å². The van der Waals surface area contributed by atoms with Crippen LogP contribution in [0, 0.1) is 0 Å². The predicted octanol–water partition coefficient (Wildman–Crippen LogP) is 0.236. The topological polar surface area (TPSA) is 109 Å². The third kappa shape index (κ3) is 10.9. The molecule has 0 aromatic heterocycles. The minimum atomic E-state index is -2.38. The smallest absolute Gasteiger partial charge is 0.327 e. The zero-order chi connectivity index (χ0) is 11.8. The van der Waals surface area contributed by atoms with E-state index >= 15 is 0 Å². The molecular weight excluding hydrogens is 246 g/mol. The van der Waals surface area contributed by atoms with Gasteiger partial charge in [0.15, 0.2) is 0 Å². The van der Waals surface area contributed by atoms with Crippen LogP contribution >= 0.6 is 17.2 Å². The van der Waals surface area contributed by atoms with E-state index < -0.39 is 23.3 Å². The van der Waals surface area contributed by atoms with Crippen molar-refractivity contribution in [3.05, 3.63) is 0 Å². The van der Waals surface area contributed by atoms with E-state index in [4.69, 9.17) is 24.3 Å². The molecule has 2 unspecified atom stereocenters. The van der Waals surface area contributed by atoms with E-state index in [0.717, 1.165) is 0 Å². The average molecular weight is 262 g/mol. The van der Waals surface area contributed by atoms with Crippen LogP contribution in [0.4, 0.5) is 0 Å². The van der Waals surface area contributed by atoms with E-state index in [2.05, 4.69) is 9.05 Å². The molecule has 9 heteroatoms. The van der Waals surface area contributed by atoms with Crippen LogP contribution in [-0.2, 0) is 13.8 Å². The summed E-state index contributed by atoms with van der Waals surface area (Å²) in [7, 11) is -4.74. The fraction of sp³-hybridized carbons (Fsp3) is 1.00. The third-order valence-corrected chi connectivity index (χ3v) is 2.24. The molecule has 4 N–H and O–H groups in total. The molecule has 0 saturated carbocycles. The Morgan fingerprint density at radius 2 is 1.53 bits per heavy atom. The minimum Gasteiger partial charge on any atom is -0.373 e. The average Bonchev–Trinajstić information content (AvgIpc) is 2.10. The summed E-state index contributed by atoms with van der Waals surface area (Å²) in [5, 5.41) is 0. The summed E-state index contributed by atoms with van der Waals surface area (Å²) < 4.78 is 14.4. The molecule has 7 nitrogen and oxygen atoms in total. The Hall–Kier alpha value is 0.580. The van der Waals surface area contributed by atoms with Gasteiger partial charge in [0, 0.05) is 0 Å². The first kappa shape index (κ1) is 15.6. The maximum atomic E-state index is 8.52. The van der Waals surface area contributed by atoms with Crippen molar-refractivity contribution in [2.24, 2.45) is 0 Å². The van der Waals surface area contributed by atoms with Crippen LogP contribution in [0.3, 0.4) is 0 Å². The molecular formula is C6H16O7P2. The van der Waals surface area contributed by atoms with Gasteiger partial charge in [-0.2, -0.15) is 0 Å². The zero-order valence-corrected chi connectivity index (χ0v) is 10.3. The van der Waals surface area contributed by atoms with Crippen molar-refractivity contribution in [1.29, 1.82) is 0 Å². The molecule has 0 bridgehead atoms. The molecule has 0 radical (unpaired) electrons. The summed E-state index contributed by atoms with van der Waals surface area (Å²) in [5.74, 6) is 0. The summed E-state index contributed by atoms with van der Waals surface area (Å²) in [6.07, 6.45) is -0.776. The Morgan fingerprint density at radius 1 is 0.933 bits per heavy atom. The normalized spacial score (nSPS) is 16.0. The third-order valence-electron chi connectivity index (χ3n) is 1.31. The van der Waals surface area contributed by atoms with Crippen LogP contribution in [0.2, 0.25) is 0 Å². The van der Waals surface area contributed by atoms with Crippen LogP contribution < -0.4 is 0 Å². The van der Waals surface area contributed by atoms with Crippen LogP contribution in [0.5, 0.6) is 0 Å². The van der Waals surface area contributed by atoms with Crippen LogP contribution in [0.25, 0.3) is 0 Å². The van der Waals surface area contributed by atoms with Crippen molar-refractivity contribution in [3.8, 4) is 0 Å². The first-order valence-electron chi connectivity index (χ1n) is 4.19. The lowest BCUT2D eigenvalue weighted by atomic mass is 10.4.